The van der Waals surface area contributed by atoms with Crippen LogP contribution in [0.4, 0.5) is 4.79 Å². The van der Waals surface area contributed by atoms with E-state index < -0.39 is 23.5 Å². The number of nitrogens with zero attached hydrogens (tertiary/aromatic N) is 3. The van der Waals surface area contributed by atoms with Crippen LogP contribution in [0.25, 0.3) is 0 Å². The minimum absolute atomic E-state index is 0.167. The SMILES string of the molecule is NC(=O)NCCC[C@@H](C(=O)O)n1cc(C2(C(=O)OCc3ccccc3)CC2)nn1. The van der Waals surface area contributed by atoms with Crippen LogP contribution in [0.2, 0.25) is 0 Å². The van der Waals surface area contributed by atoms with Crippen LogP contribution in [0.15, 0.2) is 36.5 Å². The van der Waals surface area contributed by atoms with Gasteiger partial charge >= 0.3 is 18.0 Å². The monoisotopic (exact) mass is 401 g/mol. The van der Waals surface area contributed by atoms with Crippen molar-refractivity contribution in [3.05, 3.63) is 47.8 Å². The Balaban J connectivity index is 1.63. The van der Waals surface area contributed by atoms with Crippen LogP contribution < -0.4 is 11.1 Å². The summed E-state index contributed by atoms with van der Waals surface area (Å²) in [6, 6.07) is 7.74. The Hall–Kier alpha value is -3.43. The summed E-state index contributed by atoms with van der Waals surface area (Å²) in [4.78, 5) is 34.9. The maximum atomic E-state index is 12.6. The van der Waals surface area contributed by atoms with Gasteiger partial charge in [-0.25, -0.2) is 14.3 Å². The van der Waals surface area contributed by atoms with Gasteiger partial charge in [-0.1, -0.05) is 35.5 Å². The summed E-state index contributed by atoms with van der Waals surface area (Å²) in [6.07, 6.45) is 3.29. The number of carboxylic acids is 1. The molecule has 1 aromatic carbocycles. The largest absolute Gasteiger partial charge is 0.480 e. The molecule has 0 unspecified atom stereocenters. The summed E-state index contributed by atoms with van der Waals surface area (Å²) in [6.45, 7) is 0.427. The molecule has 1 aliphatic carbocycles. The van der Waals surface area contributed by atoms with E-state index >= 15 is 0 Å². The molecular formula is C19H23N5O5. The van der Waals surface area contributed by atoms with Crippen molar-refractivity contribution in [1.29, 1.82) is 0 Å². The Morgan fingerprint density at radius 2 is 2.00 bits per heavy atom. The molecule has 1 heterocycles. The summed E-state index contributed by atoms with van der Waals surface area (Å²) in [5.74, 6) is -1.46. The number of nitrogens with two attached hydrogens (primary N) is 1. The lowest BCUT2D eigenvalue weighted by atomic mass is 10.0. The number of amides is 2. The zero-order valence-corrected chi connectivity index (χ0v) is 15.8. The topological polar surface area (TPSA) is 149 Å². The Morgan fingerprint density at radius 3 is 2.62 bits per heavy atom. The Bertz CT molecular complexity index is 878. The number of primary amides is 1. The van der Waals surface area contributed by atoms with Crippen LogP contribution in [-0.2, 0) is 26.3 Å². The van der Waals surface area contributed by atoms with Gasteiger partial charge in [-0.15, -0.1) is 5.10 Å². The molecule has 1 aliphatic rings. The lowest BCUT2D eigenvalue weighted by Gasteiger charge is -2.13. The lowest BCUT2D eigenvalue weighted by Crippen LogP contribution is -2.30. The maximum Gasteiger partial charge on any atom is 0.328 e. The number of aromatic nitrogens is 3. The quantitative estimate of drug-likeness (QED) is 0.399. The average molecular weight is 401 g/mol. The van der Waals surface area contributed by atoms with Crippen LogP contribution >= 0.6 is 0 Å². The third-order valence-corrected chi connectivity index (χ3v) is 4.91. The van der Waals surface area contributed by atoms with Crippen molar-refractivity contribution in [3.63, 3.8) is 0 Å². The highest BCUT2D eigenvalue weighted by Crippen LogP contribution is 2.48. The second kappa shape index (κ2) is 8.72. The fourth-order valence-corrected chi connectivity index (χ4v) is 3.08. The first kappa shape index (κ1) is 20.3. The molecule has 1 aromatic heterocycles. The highest BCUT2D eigenvalue weighted by Gasteiger charge is 2.55. The number of esters is 1. The first-order chi connectivity index (χ1) is 13.9. The molecule has 0 saturated heterocycles. The summed E-state index contributed by atoms with van der Waals surface area (Å²) >= 11 is 0. The first-order valence-corrected chi connectivity index (χ1v) is 9.32. The molecule has 10 nitrogen and oxygen atoms in total. The number of carbonyl (C=O) groups excluding carboxylic acids is 2. The van der Waals surface area contributed by atoms with E-state index in [1.165, 1.54) is 10.9 Å². The minimum atomic E-state index is -1.07. The molecule has 29 heavy (non-hydrogen) atoms. The molecule has 2 aromatic rings. The first-order valence-electron chi connectivity index (χ1n) is 9.32. The summed E-state index contributed by atoms with van der Waals surface area (Å²) < 4.78 is 6.69. The number of hydrogen-bond acceptors (Lipinski definition) is 6. The highest BCUT2D eigenvalue weighted by molar-refractivity contribution is 5.86. The van der Waals surface area contributed by atoms with Crippen LogP contribution in [-0.4, -0.2) is 44.6 Å². The smallest absolute Gasteiger partial charge is 0.328 e. The van der Waals surface area contributed by atoms with E-state index in [9.17, 15) is 19.5 Å². The number of benzene rings is 1. The zero-order valence-electron chi connectivity index (χ0n) is 15.8. The number of hydrogen-bond donors (Lipinski definition) is 3. The molecule has 1 atom stereocenters. The standard InChI is InChI=1S/C19H23N5O5/c20-18(28)21-10-4-7-14(16(25)26)24-11-15(22-23-24)19(8-9-19)17(27)29-12-13-5-2-1-3-6-13/h1-3,5-6,11,14H,4,7-10,12H2,(H,25,26)(H3,20,21,28)/t14-/m0/s1. The van der Waals surface area contributed by atoms with Crippen molar-refractivity contribution in [2.75, 3.05) is 6.54 Å². The number of nitrogens with one attached hydrogen (secondary N) is 1. The van der Waals surface area contributed by atoms with Crippen LogP contribution in [0.1, 0.15) is 43.0 Å². The summed E-state index contributed by atoms with van der Waals surface area (Å²) in [7, 11) is 0. The molecule has 0 bridgehead atoms. The molecule has 0 spiro atoms. The number of rotatable bonds is 10. The van der Waals surface area contributed by atoms with Gasteiger partial charge in [0.05, 0.1) is 6.20 Å². The predicted molar refractivity (Wildman–Crippen MR) is 101 cm³/mol. The Labute approximate surface area is 167 Å². The van der Waals surface area contributed by atoms with Crippen molar-refractivity contribution in [2.24, 2.45) is 5.73 Å². The lowest BCUT2D eigenvalue weighted by molar-refractivity contribution is -0.148. The van der Waals surface area contributed by atoms with Gasteiger partial charge in [-0.2, -0.15) is 0 Å². The average Bonchev–Trinajstić information content (AvgIpc) is 3.37. The second-order valence-corrected chi connectivity index (χ2v) is 7.01. The van der Waals surface area contributed by atoms with Gasteiger partial charge in [0, 0.05) is 6.54 Å². The fraction of sp³-hybridized carbons (Fsp3) is 0.421. The molecule has 1 fully saturated rings. The zero-order chi connectivity index (χ0) is 20.9. The van der Waals surface area contributed by atoms with E-state index in [2.05, 4.69) is 15.6 Å². The van der Waals surface area contributed by atoms with E-state index in [-0.39, 0.29) is 25.5 Å². The fourth-order valence-electron chi connectivity index (χ4n) is 3.08. The maximum absolute atomic E-state index is 12.6. The van der Waals surface area contributed by atoms with Crippen molar-refractivity contribution >= 4 is 18.0 Å². The van der Waals surface area contributed by atoms with Crippen molar-refractivity contribution in [3.8, 4) is 0 Å². The van der Waals surface area contributed by atoms with Crippen LogP contribution in [0.5, 0.6) is 0 Å². The normalized spacial score (nSPS) is 15.3. The number of ether oxygens (including phenoxy) is 1. The van der Waals surface area contributed by atoms with E-state index in [1.807, 2.05) is 30.3 Å². The van der Waals surface area contributed by atoms with Gasteiger partial charge in [-0.05, 0) is 31.2 Å². The van der Waals surface area contributed by atoms with Crippen LogP contribution in [0, 0.1) is 0 Å². The van der Waals surface area contributed by atoms with Gasteiger partial charge in [-0.3, -0.25) is 4.79 Å². The molecule has 0 aliphatic heterocycles. The predicted octanol–water partition coefficient (Wildman–Crippen LogP) is 1.13. The van der Waals surface area contributed by atoms with Crippen LogP contribution in [0.3, 0.4) is 0 Å². The Morgan fingerprint density at radius 1 is 1.28 bits per heavy atom. The highest BCUT2D eigenvalue weighted by atomic mass is 16.5. The Kier molecular flexibility index (Phi) is 6.10. The van der Waals surface area contributed by atoms with Crippen molar-refractivity contribution in [2.45, 2.75) is 43.7 Å². The van der Waals surface area contributed by atoms with Gasteiger partial charge in [0.2, 0.25) is 0 Å². The molecule has 1 saturated carbocycles. The van der Waals surface area contributed by atoms with E-state index in [4.69, 9.17) is 10.5 Å². The molecular weight excluding hydrogens is 378 g/mol. The molecule has 0 radical (unpaired) electrons. The summed E-state index contributed by atoms with van der Waals surface area (Å²) in [5.41, 5.74) is 5.43. The molecule has 2 amide bonds. The van der Waals surface area contributed by atoms with Crippen molar-refractivity contribution < 1.29 is 24.2 Å². The van der Waals surface area contributed by atoms with Gasteiger partial charge in [0.15, 0.2) is 6.04 Å². The van der Waals surface area contributed by atoms with Gasteiger partial charge in [0.1, 0.15) is 17.7 Å². The van der Waals surface area contributed by atoms with Gasteiger partial charge in [0.25, 0.3) is 0 Å². The third kappa shape index (κ3) is 4.89. The molecule has 154 valence electrons. The molecule has 4 N–H and O–H groups in total. The van der Waals surface area contributed by atoms with Crippen molar-refractivity contribution in [1.82, 2.24) is 20.3 Å². The number of aliphatic carboxylic acids is 1. The third-order valence-electron chi connectivity index (χ3n) is 4.91. The summed E-state index contributed by atoms with van der Waals surface area (Å²) in [5, 5.41) is 19.9. The van der Waals surface area contributed by atoms with E-state index in [1.54, 1.807) is 0 Å². The van der Waals surface area contributed by atoms with Gasteiger partial charge < -0.3 is 20.9 Å². The van der Waals surface area contributed by atoms with E-state index in [0.29, 0.717) is 25.0 Å². The van der Waals surface area contributed by atoms with E-state index in [0.717, 1.165) is 5.56 Å². The minimum Gasteiger partial charge on any atom is -0.480 e. The molecule has 3 rings (SSSR count). The number of carboxylic acid groups (broad SMARTS) is 1. The number of carbonyl (C=O) groups is 3. The second-order valence-electron chi connectivity index (χ2n) is 7.01. The molecule has 10 heteroatoms. The number of urea groups is 1.